The lowest BCUT2D eigenvalue weighted by Gasteiger charge is -2.34. The molecule has 10 saturated heterocycles. The second-order valence-corrected chi connectivity index (χ2v) is 27.4. The first kappa shape index (κ1) is 61.4. The summed E-state index contributed by atoms with van der Waals surface area (Å²) in [6.07, 6.45) is -3.85. The Kier molecular flexibility index (Phi) is 15.0. The van der Waals surface area contributed by atoms with Crippen LogP contribution >= 0.6 is 11.6 Å². The summed E-state index contributed by atoms with van der Waals surface area (Å²) in [7, 11) is 2.08. The van der Waals surface area contributed by atoms with Gasteiger partial charge in [0, 0.05) is 69.8 Å². The minimum Gasteiger partial charge on any atom is -0.491 e. The van der Waals surface area contributed by atoms with Gasteiger partial charge in [0.05, 0.1) is 67.0 Å². The van der Waals surface area contributed by atoms with Crippen molar-refractivity contribution >= 4 is 56.7 Å². The van der Waals surface area contributed by atoms with Crippen LogP contribution in [0.4, 0.5) is 67.2 Å². The molecule has 0 saturated carbocycles. The number of nitrogens with one attached hydrogen (secondary N) is 1. The highest BCUT2D eigenvalue weighted by Crippen LogP contribution is 2.54. The van der Waals surface area contributed by atoms with E-state index in [1.165, 1.54) is 19.9 Å². The molecular weight excluding hydrogens is 1240 g/mol. The van der Waals surface area contributed by atoms with E-state index >= 15 is 8.78 Å². The van der Waals surface area contributed by atoms with Crippen LogP contribution in [0.15, 0.2) is 18.2 Å². The number of piperidine rings is 2. The summed E-state index contributed by atoms with van der Waals surface area (Å²) >= 11 is 6.86. The highest BCUT2D eigenvalue weighted by molar-refractivity contribution is 6.36. The van der Waals surface area contributed by atoms with Gasteiger partial charge in [0.2, 0.25) is 0 Å². The SMILES string of the molecule is Cc1cc(N)nc(-c2c(Cl)c3c4c(nc(OC[C@@]56CCCN5C[C@H](F)C6)nc4c2F)N2C[C@H]4CC[C@H](CN4C)[C@H]2CO3)c1C(F)(F)F.Cc1cc(N)nc(-c2cc3c4c(nc(OC[C@@]56CCCN5C[C@H](F)C6)nc4c2F)N2C[C@H]4CC[C@H](CN4)[C@H]2CO3)c1C(F)(F)F. The summed E-state index contributed by atoms with van der Waals surface area (Å²) in [5, 5.41) is 3.65. The van der Waals surface area contributed by atoms with Crippen LogP contribution in [0.2, 0.25) is 5.02 Å². The van der Waals surface area contributed by atoms with Crippen LogP contribution in [0.25, 0.3) is 44.3 Å². The lowest BCUT2D eigenvalue weighted by molar-refractivity contribution is -0.138. The summed E-state index contributed by atoms with van der Waals surface area (Å²) in [5.74, 6) is -1.18. The molecule has 18 nitrogen and oxygen atoms in total. The van der Waals surface area contributed by atoms with Crippen LogP contribution in [-0.2, 0) is 12.4 Å². The molecule has 4 aromatic heterocycles. The molecule has 12 aliphatic heterocycles. The summed E-state index contributed by atoms with van der Waals surface area (Å²) < 4.78 is 174. The standard InChI is InChI=1S/C32H35ClF5N7O2.C31H34F5N7O2/c1-15-8-20(39)40-26(23(15)32(36,37)38)21-24(33)28-22-27(25(21)35)41-30(47-14-31-6-3-7-44(31)11-17(34)9-31)42-29(22)45-12-18-5-4-16(10-43(18)2)19(45)13-46-28;1-15-7-22(37)39-26(24(15)31(34,35)36)19-8-21-23-27(25(19)33)40-29(45-14-30-5-2-6-42(30)11-17(32)9-30)41-28(23)43-12-18-4-3-16(10-38-18)20(43)13-44-21/h8,16-19H,3-7,9-14H2,1-2H3,(H2,39,40);7-8,16-18,20,38H,2-6,9-14H2,1H3,(H2,37,39)/t16-,17-,18-,19-,31+;16-,17-,18-,20-,30+/m11/s1. The van der Waals surface area contributed by atoms with Gasteiger partial charge >= 0.3 is 24.4 Å². The molecular formula is C63H69ClF10N14O4. The number of benzene rings is 2. The minimum atomic E-state index is -4.89. The second kappa shape index (κ2) is 22.5. The molecule has 5 N–H and O–H groups in total. The molecule has 0 amide bonds. The Labute approximate surface area is 527 Å². The van der Waals surface area contributed by atoms with Gasteiger partial charge in [0.15, 0.2) is 17.4 Å². The van der Waals surface area contributed by atoms with Crippen LogP contribution in [-0.4, -0.2) is 178 Å². The first-order valence-electron chi connectivity index (χ1n) is 31.6. The lowest BCUT2D eigenvalue weighted by Crippen LogP contribution is -2.44. The Hall–Kier alpha value is -6.75. The number of likely N-dealkylation sites (N-methyl/N-ethyl adjacent to an activating group) is 1. The monoisotopic (exact) mass is 1310 g/mol. The first-order chi connectivity index (χ1) is 43.8. The average molecular weight is 1310 g/mol. The maximum atomic E-state index is 17.0. The van der Waals surface area contributed by atoms with E-state index in [0.717, 1.165) is 89.7 Å². The van der Waals surface area contributed by atoms with Crippen LogP contribution in [0.3, 0.4) is 0 Å². The highest BCUT2D eigenvalue weighted by Gasteiger charge is 2.53. The molecule has 0 aliphatic carbocycles. The van der Waals surface area contributed by atoms with Gasteiger partial charge in [0.1, 0.15) is 78.8 Å². The number of nitrogen functional groups attached to an aromatic ring is 2. The molecule has 10 fully saturated rings. The third-order valence-electron chi connectivity index (χ3n) is 21.4. The van der Waals surface area contributed by atoms with Gasteiger partial charge in [-0.25, -0.2) is 27.5 Å². The summed E-state index contributed by atoms with van der Waals surface area (Å²) in [5.41, 5.74) is 5.18. The van der Waals surface area contributed by atoms with Crippen molar-refractivity contribution in [3.8, 4) is 46.0 Å². The Morgan fingerprint density at radius 2 is 1.22 bits per heavy atom. The molecule has 10 atom stereocenters. The number of fused-ring (bicyclic) bond motifs is 6. The van der Waals surface area contributed by atoms with Gasteiger partial charge in [-0.1, -0.05) is 11.6 Å². The van der Waals surface area contributed by atoms with E-state index in [0.29, 0.717) is 50.7 Å². The van der Waals surface area contributed by atoms with Gasteiger partial charge in [0.25, 0.3) is 0 Å². The molecule has 29 heteroatoms. The molecule has 18 rings (SSSR count). The number of ether oxygens (including phenoxy) is 4. The smallest absolute Gasteiger partial charge is 0.418 e. The Bertz CT molecular complexity index is 3960. The molecule has 0 unspecified atom stereocenters. The van der Waals surface area contributed by atoms with Crippen molar-refractivity contribution in [2.24, 2.45) is 11.8 Å². The Balaban J connectivity index is 0.000000153. The van der Waals surface area contributed by atoms with Crippen molar-refractivity contribution in [1.82, 2.24) is 49.9 Å². The number of nitrogens with zero attached hydrogens (tertiary/aromatic N) is 11. The van der Waals surface area contributed by atoms with Crippen molar-refractivity contribution < 1.29 is 62.9 Å². The molecule has 2 aromatic carbocycles. The van der Waals surface area contributed by atoms with Crippen LogP contribution in [0.5, 0.6) is 23.5 Å². The molecule has 92 heavy (non-hydrogen) atoms. The number of rotatable bonds is 8. The molecule has 12 aliphatic rings. The maximum absolute atomic E-state index is 17.0. The van der Waals surface area contributed by atoms with E-state index in [4.69, 9.17) is 52.0 Å². The van der Waals surface area contributed by atoms with Crippen molar-refractivity contribution in [1.29, 1.82) is 0 Å². The fourth-order valence-corrected chi connectivity index (χ4v) is 17.5. The lowest BCUT2D eigenvalue weighted by atomic mass is 9.90. The molecule has 492 valence electrons. The zero-order valence-electron chi connectivity index (χ0n) is 50.8. The normalized spacial score (nSPS) is 29.2. The molecule has 0 spiro atoms. The van der Waals surface area contributed by atoms with Gasteiger partial charge in [-0.3, -0.25) is 9.80 Å². The number of aromatic nitrogens is 6. The van der Waals surface area contributed by atoms with E-state index in [1.807, 2.05) is 0 Å². The fourth-order valence-electron chi connectivity index (χ4n) is 17.1. The first-order valence-corrected chi connectivity index (χ1v) is 32.0. The van der Waals surface area contributed by atoms with Crippen molar-refractivity contribution in [2.75, 3.05) is 107 Å². The van der Waals surface area contributed by atoms with Crippen molar-refractivity contribution in [2.45, 2.75) is 138 Å². The second-order valence-electron chi connectivity index (χ2n) is 27.0. The van der Waals surface area contributed by atoms with Crippen LogP contribution < -0.4 is 45.5 Å². The zero-order chi connectivity index (χ0) is 64.2. The minimum absolute atomic E-state index is 0.0106. The van der Waals surface area contributed by atoms with E-state index < -0.39 is 81.0 Å². The third kappa shape index (κ3) is 10.3. The number of anilines is 4. The zero-order valence-corrected chi connectivity index (χ0v) is 51.5. The topological polar surface area (TPSA) is 195 Å². The van der Waals surface area contributed by atoms with E-state index in [9.17, 15) is 35.1 Å². The quantitative estimate of drug-likeness (QED) is 0.122. The van der Waals surface area contributed by atoms with E-state index in [-0.39, 0.29) is 136 Å². The average Bonchev–Trinajstić information content (AvgIpc) is 1.22. The Morgan fingerprint density at radius 3 is 1.82 bits per heavy atom. The van der Waals surface area contributed by atoms with E-state index in [2.05, 4.69) is 56.8 Å². The number of aryl methyl sites for hydroxylation is 2. The Morgan fingerprint density at radius 1 is 0.663 bits per heavy atom. The van der Waals surface area contributed by atoms with Gasteiger partial charge in [-0.15, -0.1) is 0 Å². The largest absolute Gasteiger partial charge is 0.491 e. The number of halogens is 11. The van der Waals surface area contributed by atoms with Crippen LogP contribution in [0, 0.1) is 37.3 Å². The van der Waals surface area contributed by atoms with Gasteiger partial charge in [-0.05, 0) is 127 Å². The number of pyridine rings is 2. The number of nitrogens with two attached hydrogens (primary N) is 2. The molecule has 6 aromatic rings. The summed E-state index contributed by atoms with van der Waals surface area (Å²) in [6, 6.07) is 3.31. The number of alkyl halides is 8. The predicted molar refractivity (Wildman–Crippen MR) is 323 cm³/mol. The summed E-state index contributed by atoms with van der Waals surface area (Å²) in [6.45, 7) is 8.06. The van der Waals surface area contributed by atoms with Gasteiger partial charge in [-0.2, -0.15) is 46.3 Å². The van der Waals surface area contributed by atoms with Crippen molar-refractivity contribution in [3.05, 3.63) is 57.1 Å². The summed E-state index contributed by atoms with van der Waals surface area (Å²) in [4.78, 5) is 37.2. The highest BCUT2D eigenvalue weighted by atomic mass is 35.5. The van der Waals surface area contributed by atoms with E-state index in [1.54, 1.807) is 0 Å². The number of hydrogen-bond acceptors (Lipinski definition) is 18. The molecule has 16 heterocycles. The van der Waals surface area contributed by atoms with Crippen LogP contribution in [0.1, 0.15) is 86.5 Å². The maximum Gasteiger partial charge on any atom is 0.418 e. The predicted octanol–water partition coefficient (Wildman–Crippen LogP) is 10.3. The third-order valence-corrected chi connectivity index (χ3v) is 21.8. The fraction of sp³-hybridized carbons (Fsp3) is 0.587. The van der Waals surface area contributed by atoms with Crippen molar-refractivity contribution in [3.63, 3.8) is 0 Å². The van der Waals surface area contributed by atoms with Gasteiger partial charge < -0.3 is 50.4 Å². The molecule has 4 bridgehead atoms. The number of hydrogen-bond donors (Lipinski definition) is 3. The molecule has 0 radical (unpaired) electrons.